The zero-order chi connectivity index (χ0) is 17.2. The normalized spacial score (nSPS) is 19.1. The third-order valence-corrected chi connectivity index (χ3v) is 5.03. The predicted octanol–water partition coefficient (Wildman–Crippen LogP) is 4.28. The van der Waals surface area contributed by atoms with E-state index in [1.807, 2.05) is 23.6 Å². The highest BCUT2D eigenvalue weighted by Gasteiger charge is 2.34. The third kappa shape index (κ3) is 4.55. The van der Waals surface area contributed by atoms with Crippen molar-refractivity contribution in [3.05, 3.63) is 47.1 Å². The van der Waals surface area contributed by atoms with Crippen molar-refractivity contribution in [2.45, 2.75) is 25.2 Å². The Hall–Kier alpha value is -1.44. The molecule has 0 saturated carbocycles. The van der Waals surface area contributed by atoms with Gasteiger partial charge in [-0.3, -0.25) is 4.90 Å². The highest BCUT2D eigenvalue weighted by molar-refractivity contribution is 7.13. The van der Waals surface area contributed by atoms with E-state index in [2.05, 4.69) is 5.32 Å². The molecular weight excluding hydrogens is 340 g/mol. The van der Waals surface area contributed by atoms with E-state index in [9.17, 15) is 17.6 Å². The van der Waals surface area contributed by atoms with Gasteiger partial charge in [-0.2, -0.15) is 13.2 Å². The molecule has 0 aliphatic carbocycles. The van der Waals surface area contributed by atoms with Gasteiger partial charge in [-0.15, -0.1) is 11.3 Å². The van der Waals surface area contributed by atoms with Gasteiger partial charge in [-0.05, 0) is 29.5 Å². The van der Waals surface area contributed by atoms with Gasteiger partial charge in [0.05, 0.1) is 6.54 Å². The van der Waals surface area contributed by atoms with Crippen LogP contribution in [0.15, 0.2) is 35.7 Å². The summed E-state index contributed by atoms with van der Waals surface area (Å²) in [5, 5.41) is 5.10. The Labute approximate surface area is 142 Å². The molecule has 1 N–H and O–H groups in total. The highest BCUT2D eigenvalue weighted by Crippen LogP contribution is 2.26. The molecule has 130 valence electrons. The van der Waals surface area contributed by atoms with Crippen LogP contribution in [-0.2, 0) is 6.54 Å². The second kappa shape index (κ2) is 7.21. The molecule has 0 bridgehead atoms. The largest absolute Gasteiger partial charge is 0.401 e. The molecule has 2 aromatic rings. The van der Waals surface area contributed by atoms with E-state index in [4.69, 9.17) is 0 Å². The van der Waals surface area contributed by atoms with Gasteiger partial charge in [0.2, 0.25) is 0 Å². The number of nitrogens with one attached hydrogen (secondary N) is 1. The molecule has 0 spiro atoms. The first-order chi connectivity index (χ1) is 11.4. The average Bonchev–Trinajstić information content (AvgIpc) is 3.16. The SMILES string of the molecule is Fc1cc(-c2cccs2)ccc1CN[C@H]1CCN(CC(F)(F)F)C1. The van der Waals surface area contributed by atoms with Gasteiger partial charge in [0.1, 0.15) is 5.82 Å². The fourth-order valence-electron chi connectivity index (χ4n) is 2.94. The summed E-state index contributed by atoms with van der Waals surface area (Å²) in [5.74, 6) is -0.293. The summed E-state index contributed by atoms with van der Waals surface area (Å²) in [6.07, 6.45) is -3.52. The molecule has 7 heteroatoms. The zero-order valence-corrected chi connectivity index (χ0v) is 13.8. The smallest absolute Gasteiger partial charge is 0.308 e. The highest BCUT2D eigenvalue weighted by atomic mass is 32.1. The Kier molecular flexibility index (Phi) is 5.22. The number of nitrogens with zero attached hydrogens (tertiary/aromatic N) is 1. The maximum Gasteiger partial charge on any atom is 0.401 e. The van der Waals surface area contributed by atoms with E-state index >= 15 is 0 Å². The van der Waals surface area contributed by atoms with Crippen molar-refractivity contribution in [2.75, 3.05) is 19.6 Å². The monoisotopic (exact) mass is 358 g/mol. The summed E-state index contributed by atoms with van der Waals surface area (Å²) >= 11 is 1.55. The van der Waals surface area contributed by atoms with Crippen molar-refractivity contribution in [3.63, 3.8) is 0 Å². The Morgan fingerprint density at radius 2 is 2.08 bits per heavy atom. The molecule has 1 aromatic heterocycles. The molecule has 0 radical (unpaired) electrons. The summed E-state index contributed by atoms with van der Waals surface area (Å²) in [6, 6.07) is 8.93. The lowest BCUT2D eigenvalue weighted by Gasteiger charge is -2.18. The average molecular weight is 358 g/mol. The first-order valence-electron chi connectivity index (χ1n) is 7.75. The Morgan fingerprint density at radius 3 is 2.75 bits per heavy atom. The van der Waals surface area contributed by atoms with Crippen LogP contribution < -0.4 is 5.32 Å². The number of likely N-dealkylation sites (tertiary alicyclic amines) is 1. The topological polar surface area (TPSA) is 15.3 Å². The second-order valence-electron chi connectivity index (χ2n) is 6.00. The minimum Gasteiger partial charge on any atom is -0.308 e. The van der Waals surface area contributed by atoms with E-state index < -0.39 is 12.7 Å². The summed E-state index contributed by atoms with van der Waals surface area (Å²) in [6.45, 7) is 0.196. The van der Waals surface area contributed by atoms with Crippen LogP contribution in [0.25, 0.3) is 10.4 Å². The Morgan fingerprint density at radius 1 is 1.25 bits per heavy atom. The van der Waals surface area contributed by atoms with Gasteiger partial charge in [-0.1, -0.05) is 18.2 Å². The summed E-state index contributed by atoms with van der Waals surface area (Å²) in [5.41, 5.74) is 1.37. The standard InChI is InChI=1S/C17H18F4N2S/c18-15-8-12(16-2-1-7-24-16)3-4-13(15)9-22-14-5-6-23(10-14)11-17(19,20)21/h1-4,7-8,14,22H,5-6,9-11H2/t14-/m0/s1. The molecular formula is C17H18F4N2S. The first kappa shape index (κ1) is 17.4. The van der Waals surface area contributed by atoms with Crippen LogP contribution in [0.1, 0.15) is 12.0 Å². The molecule has 1 aliphatic heterocycles. The number of halogens is 4. The van der Waals surface area contributed by atoms with Crippen molar-refractivity contribution < 1.29 is 17.6 Å². The first-order valence-corrected chi connectivity index (χ1v) is 8.63. The molecule has 1 saturated heterocycles. The molecule has 2 heterocycles. The van der Waals surface area contributed by atoms with E-state index in [0.717, 1.165) is 10.4 Å². The van der Waals surface area contributed by atoms with Gasteiger partial charge < -0.3 is 5.32 Å². The van der Waals surface area contributed by atoms with Crippen molar-refractivity contribution in [1.82, 2.24) is 10.2 Å². The van der Waals surface area contributed by atoms with E-state index in [1.54, 1.807) is 17.4 Å². The molecule has 3 rings (SSSR count). The van der Waals surface area contributed by atoms with E-state index in [1.165, 1.54) is 11.0 Å². The number of rotatable bonds is 5. The van der Waals surface area contributed by atoms with Crippen molar-refractivity contribution >= 4 is 11.3 Å². The molecule has 1 atom stereocenters. The van der Waals surface area contributed by atoms with Gasteiger partial charge in [-0.25, -0.2) is 4.39 Å². The second-order valence-corrected chi connectivity index (χ2v) is 6.95. The quantitative estimate of drug-likeness (QED) is 0.803. The molecule has 2 nitrogen and oxygen atoms in total. The van der Waals surface area contributed by atoms with E-state index in [0.29, 0.717) is 31.6 Å². The molecule has 1 aliphatic rings. The Bertz CT molecular complexity index is 670. The van der Waals surface area contributed by atoms with Crippen molar-refractivity contribution in [3.8, 4) is 10.4 Å². The maximum absolute atomic E-state index is 14.2. The van der Waals surface area contributed by atoms with Crippen LogP contribution in [0.2, 0.25) is 0 Å². The minimum absolute atomic E-state index is 0.0382. The summed E-state index contributed by atoms with van der Waals surface area (Å²) < 4.78 is 51.4. The summed E-state index contributed by atoms with van der Waals surface area (Å²) in [7, 11) is 0. The van der Waals surface area contributed by atoms with Gasteiger partial charge in [0.15, 0.2) is 0 Å². The van der Waals surface area contributed by atoms with Crippen LogP contribution in [0.3, 0.4) is 0 Å². The fraction of sp³-hybridized carbons (Fsp3) is 0.412. The predicted molar refractivity (Wildman–Crippen MR) is 87.5 cm³/mol. The van der Waals surface area contributed by atoms with Gasteiger partial charge >= 0.3 is 6.18 Å². The van der Waals surface area contributed by atoms with Crippen LogP contribution in [0.5, 0.6) is 0 Å². The number of thiophene rings is 1. The Balaban J connectivity index is 1.54. The minimum atomic E-state index is -4.17. The molecule has 24 heavy (non-hydrogen) atoms. The van der Waals surface area contributed by atoms with Gasteiger partial charge in [0, 0.05) is 36.1 Å². The maximum atomic E-state index is 14.2. The lowest BCUT2D eigenvalue weighted by Crippen LogP contribution is -2.36. The van der Waals surface area contributed by atoms with Crippen LogP contribution >= 0.6 is 11.3 Å². The lowest BCUT2D eigenvalue weighted by molar-refractivity contribution is -0.143. The lowest BCUT2D eigenvalue weighted by atomic mass is 10.1. The number of hydrogen-bond acceptors (Lipinski definition) is 3. The number of benzene rings is 1. The molecule has 0 unspecified atom stereocenters. The fourth-order valence-corrected chi connectivity index (χ4v) is 3.66. The van der Waals surface area contributed by atoms with Crippen molar-refractivity contribution in [1.29, 1.82) is 0 Å². The third-order valence-electron chi connectivity index (χ3n) is 4.12. The van der Waals surface area contributed by atoms with Crippen molar-refractivity contribution in [2.24, 2.45) is 0 Å². The van der Waals surface area contributed by atoms with Crippen LogP contribution in [0.4, 0.5) is 17.6 Å². The zero-order valence-electron chi connectivity index (χ0n) is 12.9. The van der Waals surface area contributed by atoms with E-state index in [-0.39, 0.29) is 11.9 Å². The molecule has 1 fully saturated rings. The molecule has 0 amide bonds. The van der Waals surface area contributed by atoms with Gasteiger partial charge in [0.25, 0.3) is 0 Å². The van der Waals surface area contributed by atoms with Crippen LogP contribution in [0, 0.1) is 5.82 Å². The summed E-state index contributed by atoms with van der Waals surface area (Å²) in [4.78, 5) is 2.39. The number of alkyl halides is 3. The molecule has 1 aromatic carbocycles. The van der Waals surface area contributed by atoms with Crippen LogP contribution in [-0.4, -0.2) is 36.8 Å². The number of hydrogen-bond donors (Lipinski definition) is 1.